The molecule has 0 aliphatic rings. The van der Waals surface area contributed by atoms with Crippen molar-refractivity contribution in [2.24, 2.45) is 0 Å². The number of rotatable bonds is 7. The Kier molecular flexibility index (Phi) is 7.03. The number of carbonyl (C=O) groups is 3. The van der Waals surface area contributed by atoms with E-state index in [4.69, 9.17) is 14.6 Å². The summed E-state index contributed by atoms with van der Waals surface area (Å²) in [5, 5.41) is 7.88. The number of carboxylic acids is 1. The number of hydrogen-bond donors (Lipinski definition) is 1. The molecule has 2 aromatic rings. The molecule has 0 aromatic heterocycles. The third kappa shape index (κ3) is 6.31. The van der Waals surface area contributed by atoms with E-state index < -0.39 is 17.2 Å². The van der Waals surface area contributed by atoms with Crippen molar-refractivity contribution in [3.63, 3.8) is 0 Å². The lowest BCUT2D eigenvalue weighted by Gasteiger charge is -2.09. The molecule has 0 unspecified atom stereocenters. The Hall–Kier alpha value is -2.80. The van der Waals surface area contributed by atoms with Crippen molar-refractivity contribution >= 4 is 29.0 Å². The molecule has 0 aliphatic heterocycles. The first kappa shape index (κ1) is 18.5. The number of aliphatic carboxylic acids is 1. The zero-order valence-electron chi connectivity index (χ0n) is 13.2. The zero-order valence-corrected chi connectivity index (χ0v) is 14.0. The van der Waals surface area contributed by atoms with Crippen LogP contribution in [0.25, 0.3) is 0 Å². The number of carboxylic acid groups (broad SMARTS) is 1. The Bertz CT molecular complexity index is 744. The summed E-state index contributed by atoms with van der Waals surface area (Å²) in [4.78, 5) is 34.4. The molecule has 6 nitrogen and oxygen atoms in total. The number of carbonyl (C=O) groups excluding carboxylic acids is 2. The Morgan fingerprint density at radius 2 is 1.64 bits per heavy atom. The molecule has 2 rings (SSSR count). The maximum Gasteiger partial charge on any atom is 0.372 e. The van der Waals surface area contributed by atoms with Crippen LogP contribution in [-0.4, -0.2) is 28.1 Å². The van der Waals surface area contributed by atoms with Crippen LogP contribution >= 0.6 is 11.8 Å². The van der Waals surface area contributed by atoms with Gasteiger partial charge in [0.05, 0.1) is 6.42 Å². The van der Waals surface area contributed by atoms with Gasteiger partial charge >= 0.3 is 17.2 Å². The number of thioether (sulfide) groups is 1. The van der Waals surface area contributed by atoms with Crippen LogP contribution < -0.4 is 4.74 Å². The number of hydrogen-bond acceptors (Lipinski definition) is 6. The van der Waals surface area contributed by atoms with Gasteiger partial charge in [0.15, 0.2) is 0 Å². The zero-order chi connectivity index (χ0) is 18.1. The minimum absolute atomic E-state index is 0.0772. The number of esters is 1. The first-order chi connectivity index (χ1) is 12.1. The van der Waals surface area contributed by atoms with E-state index in [9.17, 15) is 14.4 Å². The van der Waals surface area contributed by atoms with Gasteiger partial charge in [-0.3, -0.25) is 4.79 Å². The van der Waals surface area contributed by atoms with Crippen LogP contribution in [0.3, 0.4) is 0 Å². The Morgan fingerprint density at radius 3 is 2.36 bits per heavy atom. The first-order valence-electron chi connectivity index (χ1n) is 7.42. The normalized spacial score (nSPS) is 10.1. The predicted octanol–water partition coefficient (Wildman–Crippen LogP) is 3.75. The van der Waals surface area contributed by atoms with Gasteiger partial charge in [0.1, 0.15) is 17.9 Å². The summed E-state index contributed by atoms with van der Waals surface area (Å²) in [6.07, 6.45) is -0.152. The van der Waals surface area contributed by atoms with Gasteiger partial charge < -0.3 is 14.6 Å². The highest BCUT2D eigenvalue weighted by molar-refractivity contribution is 8.13. The van der Waals surface area contributed by atoms with Crippen LogP contribution in [0, 0.1) is 0 Å². The highest BCUT2D eigenvalue weighted by Crippen LogP contribution is 2.22. The molecule has 0 aliphatic carbocycles. The molecule has 7 heteroatoms. The van der Waals surface area contributed by atoms with Gasteiger partial charge in [0.25, 0.3) is 0 Å². The minimum Gasteiger partial charge on any atom is -0.481 e. The van der Waals surface area contributed by atoms with Crippen LogP contribution in [0.2, 0.25) is 0 Å². The SMILES string of the molecule is O=C(O)CCSC(=O)Oc1ccccc1C(=O)OCc1ccccc1. The molecule has 0 atom stereocenters. The average molecular weight is 360 g/mol. The highest BCUT2D eigenvalue weighted by atomic mass is 32.2. The van der Waals surface area contributed by atoms with Crippen LogP contribution in [0.4, 0.5) is 4.79 Å². The van der Waals surface area contributed by atoms with Crippen LogP contribution in [-0.2, 0) is 16.1 Å². The molecule has 0 heterocycles. The third-order valence-corrected chi connectivity index (χ3v) is 3.78. The lowest BCUT2D eigenvalue weighted by atomic mass is 10.2. The van der Waals surface area contributed by atoms with Crippen molar-refractivity contribution in [2.45, 2.75) is 13.0 Å². The van der Waals surface area contributed by atoms with Gasteiger partial charge in [0.2, 0.25) is 0 Å². The standard InChI is InChI=1S/C18H16O6S/c19-16(20)10-11-25-18(22)24-15-9-5-4-8-14(15)17(21)23-12-13-6-2-1-3-7-13/h1-9H,10-12H2,(H,19,20). The molecule has 0 radical (unpaired) electrons. The molecular formula is C18H16O6S. The van der Waals surface area contributed by atoms with Gasteiger partial charge in [-0.25, -0.2) is 9.59 Å². The fourth-order valence-electron chi connectivity index (χ4n) is 1.87. The van der Waals surface area contributed by atoms with Gasteiger partial charge in [-0.1, -0.05) is 42.5 Å². The summed E-state index contributed by atoms with van der Waals surface area (Å²) in [5.74, 6) is -1.43. The second kappa shape index (κ2) is 9.48. The van der Waals surface area contributed by atoms with Crippen molar-refractivity contribution in [3.05, 3.63) is 65.7 Å². The topological polar surface area (TPSA) is 89.9 Å². The van der Waals surface area contributed by atoms with E-state index in [0.717, 1.165) is 17.3 Å². The quantitative estimate of drug-likeness (QED) is 0.752. The second-order valence-electron chi connectivity index (χ2n) is 4.90. The van der Waals surface area contributed by atoms with Gasteiger partial charge in [-0.05, 0) is 29.5 Å². The van der Waals surface area contributed by atoms with E-state index in [1.807, 2.05) is 30.3 Å². The molecule has 1 N–H and O–H groups in total. The maximum atomic E-state index is 12.2. The Balaban J connectivity index is 1.95. The summed E-state index contributed by atoms with van der Waals surface area (Å²) in [5.41, 5.74) is 0.972. The summed E-state index contributed by atoms with van der Waals surface area (Å²) < 4.78 is 10.4. The van der Waals surface area contributed by atoms with Gasteiger partial charge in [-0.15, -0.1) is 0 Å². The molecule has 130 valence electrons. The van der Waals surface area contributed by atoms with Crippen molar-refractivity contribution in [1.29, 1.82) is 0 Å². The molecule has 0 saturated heterocycles. The first-order valence-corrected chi connectivity index (χ1v) is 8.41. The lowest BCUT2D eigenvalue weighted by molar-refractivity contribution is -0.136. The predicted molar refractivity (Wildman–Crippen MR) is 92.7 cm³/mol. The molecule has 0 fully saturated rings. The molecular weight excluding hydrogens is 344 g/mol. The Morgan fingerprint density at radius 1 is 0.960 bits per heavy atom. The molecule has 0 bridgehead atoms. The van der Waals surface area contributed by atoms with Gasteiger partial charge in [-0.2, -0.15) is 0 Å². The third-order valence-electron chi connectivity index (χ3n) is 3.05. The molecule has 0 saturated carbocycles. The summed E-state index contributed by atoms with van der Waals surface area (Å²) in [6.45, 7) is 0.106. The summed E-state index contributed by atoms with van der Waals surface area (Å²) >= 11 is 0.736. The van der Waals surface area contributed by atoms with E-state index in [1.54, 1.807) is 12.1 Å². The number of para-hydroxylation sites is 1. The van der Waals surface area contributed by atoms with Crippen LogP contribution in [0.5, 0.6) is 5.75 Å². The van der Waals surface area contributed by atoms with Gasteiger partial charge in [0, 0.05) is 5.75 Å². The highest BCUT2D eigenvalue weighted by Gasteiger charge is 2.17. The monoisotopic (exact) mass is 360 g/mol. The summed E-state index contributed by atoms with van der Waals surface area (Å²) in [6, 6.07) is 15.4. The van der Waals surface area contributed by atoms with Crippen molar-refractivity contribution in [3.8, 4) is 5.75 Å². The number of benzene rings is 2. The van der Waals surface area contributed by atoms with Crippen molar-refractivity contribution < 1.29 is 29.0 Å². The molecule has 25 heavy (non-hydrogen) atoms. The van der Waals surface area contributed by atoms with E-state index in [0.29, 0.717) is 0 Å². The van der Waals surface area contributed by atoms with E-state index in [2.05, 4.69) is 0 Å². The summed E-state index contributed by atoms with van der Waals surface area (Å²) in [7, 11) is 0. The fraction of sp³-hybridized carbons (Fsp3) is 0.167. The van der Waals surface area contributed by atoms with Crippen LogP contribution in [0.1, 0.15) is 22.3 Å². The average Bonchev–Trinajstić information content (AvgIpc) is 2.60. The molecule has 0 spiro atoms. The van der Waals surface area contributed by atoms with E-state index in [-0.39, 0.29) is 30.1 Å². The van der Waals surface area contributed by atoms with E-state index in [1.165, 1.54) is 12.1 Å². The van der Waals surface area contributed by atoms with E-state index >= 15 is 0 Å². The van der Waals surface area contributed by atoms with Crippen LogP contribution in [0.15, 0.2) is 54.6 Å². The van der Waals surface area contributed by atoms with Crippen molar-refractivity contribution in [2.75, 3.05) is 5.75 Å². The smallest absolute Gasteiger partial charge is 0.372 e. The minimum atomic E-state index is -0.995. The van der Waals surface area contributed by atoms with Crippen molar-refractivity contribution in [1.82, 2.24) is 0 Å². The lowest BCUT2D eigenvalue weighted by Crippen LogP contribution is -2.10. The number of ether oxygens (including phenoxy) is 2. The largest absolute Gasteiger partial charge is 0.481 e. The molecule has 2 aromatic carbocycles. The molecule has 0 amide bonds. The Labute approximate surface area is 148 Å². The second-order valence-corrected chi connectivity index (χ2v) is 5.93. The maximum absolute atomic E-state index is 12.2. The fourth-order valence-corrected chi connectivity index (χ4v) is 2.46.